The van der Waals surface area contributed by atoms with Crippen LogP contribution in [0.15, 0.2) is 72.8 Å². The van der Waals surface area contributed by atoms with Gasteiger partial charge in [0.1, 0.15) is 24.8 Å². The highest BCUT2D eigenvalue weighted by Gasteiger charge is 2.13. The second-order valence-corrected chi connectivity index (χ2v) is 7.31. The highest BCUT2D eigenvalue weighted by Crippen LogP contribution is 2.32. The molecule has 0 aromatic heterocycles. The van der Waals surface area contributed by atoms with Crippen LogP contribution in [0.25, 0.3) is 22.3 Å². The van der Waals surface area contributed by atoms with Crippen molar-refractivity contribution in [1.82, 2.24) is 0 Å². The number of aliphatic hydroxyl groups is 1. The quantitative estimate of drug-likeness (QED) is 0.388. The summed E-state index contributed by atoms with van der Waals surface area (Å²) in [6, 6.07) is 18.2. The topological polar surface area (TPSA) is 55.8 Å². The van der Waals surface area contributed by atoms with Crippen LogP contribution in [-0.2, 0) is 16.1 Å². The van der Waals surface area contributed by atoms with Crippen molar-refractivity contribution in [3.63, 3.8) is 0 Å². The molecule has 3 aromatic carbocycles. The molecule has 0 aliphatic carbocycles. The minimum absolute atomic E-state index is 0.0522. The van der Waals surface area contributed by atoms with Crippen molar-refractivity contribution in [3.05, 3.63) is 89.8 Å². The third-order valence-electron chi connectivity index (χ3n) is 4.78. The van der Waals surface area contributed by atoms with Gasteiger partial charge < -0.3 is 14.6 Å². The first-order chi connectivity index (χ1) is 14.9. The number of hydrogen-bond donors (Lipinski definition) is 1. The Hall–Kier alpha value is -3.44. The normalized spacial score (nSPS) is 10.6. The molecule has 0 atom stereocenters. The minimum Gasteiger partial charge on any atom is -0.491 e. The van der Waals surface area contributed by atoms with Crippen molar-refractivity contribution in [1.29, 1.82) is 0 Å². The largest absolute Gasteiger partial charge is 0.491 e. The first kappa shape index (κ1) is 22.2. The molecule has 0 aliphatic rings. The molecule has 4 nitrogen and oxygen atoms in total. The maximum atomic E-state index is 15.0. The lowest BCUT2D eigenvalue weighted by Crippen LogP contribution is -2.08. The van der Waals surface area contributed by atoms with Crippen LogP contribution >= 0.6 is 0 Å². The predicted molar refractivity (Wildman–Crippen MR) is 119 cm³/mol. The summed E-state index contributed by atoms with van der Waals surface area (Å²) in [6.07, 6.45) is 0. The van der Waals surface area contributed by atoms with E-state index in [1.165, 1.54) is 6.07 Å². The van der Waals surface area contributed by atoms with Crippen LogP contribution in [0.2, 0.25) is 0 Å². The van der Waals surface area contributed by atoms with Crippen molar-refractivity contribution < 1.29 is 23.8 Å². The lowest BCUT2D eigenvalue weighted by atomic mass is 9.98. The van der Waals surface area contributed by atoms with Crippen LogP contribution in [0.1, 0.15) is 18.1 Å². The first-order valence-electron chi connectivity index (χ1n) is 9.95. The molecule has 0 heterocycles. The van der Waals surface area contributed by atoms with Gasteiger partial charge in [0.25, 0.3) is 0 Å². The summed E-state index contributed by atoms with van der Waals surface area (Å²) in [5, 5.41) is 9.04. The van der Waals surface area contributed by atoms with E-state index < -0.39 is 5.97 Å². The van der Waals surface area contributed by atoms with Gasteiger partial charge in [0.15, 0.2) is 0 Å². The monoisotopic (exact) mass is 420 g/mol. The summed E-state index contributed by atoms with van der Waals surface area (Å²) in [6.45, 7) is 7.03. The summed E-state index contributed by atoms with van der Waals surface area (Å²) < 4.78 is 25.8. The van der Waals surface area contributed by atoms with Crippen LogP contribution in [0, 0.1) is 12.7 Å². The number of benzene rings is 3. The molecule has 5 heteroatoms. The number of halogens is 1. The van der Waals surface area contributed by atoms with Gasteiger partial charge in [-0.05, 0) is 48.7 Å². The molecule has 0 fully saturated rings. The minimum atomic E-state index is -0.521. The summed E-state index contributed by atoms with van der Waals surface area (Å²) in [5.74, 6) is -0.414. The summed E-state index contributed by atoms with van der Waals surface area (Å²) in [5.41, 5.74) is 4.79. The van der Waals surface area contributed by atoms with Gasteiger partial charge in [-0.15, -0.1) is 0 Å². The lowest BCUT2D eigenvalue weighted by molar-refractivity contribution is -0.140. The van der Waals surface area contributed by atoms with Crippen LogP contribution in [0.5, 0.6) is 5.75 Å². The van der Waals surface area contributed by atoms with Gasteiger partial charge in [-0.25, -0.2) is 9.18 Å². The molecule has 1 N–H and O–H groups in total. The van der Waals surface area contributed by atoms with Gasteiger partial charge in [-0.3, -0.25) is 0 Å². The SMILES string of the molecule is C=C(C)C(=O)OCc1cc(-c2ccc(-c3ccc(C)cc3)cc2F)ccc1OCCO. The fraction of sp³-hybridized carbons (Fsp3) is 0.192. The standard InChI is InChI=1S/C26H25FO4/c1-17(2)26(29)31-16-22-14-21(9-11-25(22)30-13-12-28)23-10-8-20(15-24(23)27)19-6-4-18(3)5-7-19/h4-11,14-15,28H,1,12-13,16H2,2-3H3. The Bertz CT molecular complexity index is 1090. The highest BCUT2D eigenvalue weighted by atomic mass is 19.1. The van der Waals surface area contributed by atoms with Crippen molar-refractivity contribution in [2.75, 3.05) is 13.2 Å². The zero-order valence-corrected chi connectivity index (χ0v) is 17.7. The van der Waals surface area contributed by atoms with Gasteiger partial charge >= 0.3 is 5.97 Å². The molecule has 0 radical (unpaired) electrons. The maximum Gasteiger partial charge on any atom is 0.333 e. The van der Waals surface area contributed by atoms with Crippen molar-refractivity contribution in [3.8, 4) is 28.0 Å². The van der Waals surface area contributed by atoms with E-state index >= 15 is 0 Å². The molecule has 3 rings (SSSR count). The van der Waals surface area contributed by atoms with E-state index in [1.54, 1.807) is 31.2 Å². The van der Waals surface area contributed by atoms with Gasteiger partial charge in [-0.2, -0.15) is 0 Å². The van der Waals surface area contributed by atoms with Gasteiger partial charge in [-0.1, -0.05) is 54.6 Å². The van der Waals surface area contributed by atoms with Gasteiger partial charge in [0.2, 0.25) is 0 Å². The van der Waals surface area contributed by atoms with E-state index in [-0.39, 0.29) is 31.2 Å². The van der Waals surface area contributed by atoms with E-state index in [0.717, 1.165) is 16.7 Å². The first-order valence-corrected chi connectivity index (χ1v) is 9.95. The number of aliphatic hydroxyl groups excluding tert-OH is 1. The Balaban J connectivity index is 1.92. The molecule has 0 aliphatic heterocycles. The Kier molecular flexibility index (Phi) is 7.21. The summed E-state index contributed by atoms with van der Waals surface area (Å²) in [4.78, 5) is 11.8. The number of carbonyl (C=O) groups excluding carboxylic acids is 1. The highest BCUT2D eigenvalue weighted by molar-refractivity contribution is 5.87. The molecule has 0 spiro atoms. The van der Waals surface area contributed by atoms with Crippen molar-refractivity contribution >= 4 is 5.97 Å². The molecular weight excluding hydrogens is 395 g/mol. The van der Waals surface area contributed by atoms with Crippen LogP contribution in [-0.4, -0.2) is 24.3 Å². The molecule has 160 valence electrons. The van der Waals surface area contributed by atoms with Gasteiger partial charge in [0.05, 0.1) is 6.61 Å². The van der Waals surface area contributed by atoms with E-state index in [1.807, 2.05) is 37.3 Å². The second kappa shape index (κ2) is 10.0. The number of carbonyl (C=O) groups is 1. The number of ether oxygens (including phenoxy) is 2. The Labute approximate surface area is 181 Å². The molecular formula is C26H25FO4. The summed E-state index contributed by atoms with van der Waals surface area (Å²) >= 11 is 0. The third-order valence-corrected chi connectivity index (χ3v) is 4.78. The molecule has 31 heavy (non-hydrogen) atoms. The maximum absolute atomic E-state index is 15.0. The fourth-order valence-corrected chi connectivity index (χ4v) is 3.10. The van der Waals surface area contributed by atoms with Crippen LogP contribution < -0.4 is 4.74 Å². The molecule has 0 unspecified atom stereocenters. The molecule has 0 saturated carbocycles. The van der Waals surface area contributed by atoms with E-state index in [4.69, 9.17) is 14.6 Å². The van der Waals surface area contributed by atoms with E-state index in [2.05, 4.69) is 6.58 Å². The fourth-order valence-electron chi connectivity index (χ4n) is 3.10. The molecule has 0 amide bonds. The third kappa shape index (κ3) is 5.58. The predicted octanol–water partition coefficient (Wildman–Crippen LogP) is 5.46. The number of aryl methyl sites for hydroxylation is 1. The Morgan fingerprint density at radius 1 is 1.00 bits per heavy atom. The number of hydrogen-bond acceptors (Lipinski definition) is 4. The Morgan fingerprint density at radius 3 is 2.32 bits per heavy atom. The second-order valence-electron chi connectivity index (χ2n) is 7.31. The Morgan fingerprint density at radius 2 is 1.68 bits per heavy atom. The van der Waals surface area contributed by atoms with Crippen LogP contribution in [0.3, 0.4) is 0 Å². The lowest BCUT2D eigenvalue weighted by Gasteiger charge is -2.14. The van der Waals surface area contributed by atoms with Crippen molar-refractivity contribution in [2.24, 2.45) is 0 Å². The van der Waals surface area contributed by atoms with Gasteiger partial charge in [0, 0.05) is 16.7 Å². The average Bonchev–Trinajstić information content (AvgIpc) is 2.76. The summed E-state index contributed by atoms with van der Waals surface area (Å²) in [7, 11) is 0. The van der Waals surface area contributed by atoms with E-state index in [0.29, 0.717) is 22.4 Å². The van der Waals surface area contributed by atoms with E-state index in [9.17, 15) is 9.18 Å². The zero-order chi connectivity index (χ0) is 22.4. The molecule has 0 saturated heterocycles. The molecule has 0 bridgehead atoms. The average molecular weight is 420 g/mol. The number of esters is 1. The van der Waals surface area contributed by atoms with Crippen LogP contribution in [0.4, 0.5) is 4.39 Å². The zero-order valence-electron chi connectivity index (χ0n) is 17.7. The number of rotatable bonds is 8. The smallest absolute Gasteiger partial charge is 0.333 e. The molecule has 3 aromatic rings. The van der Waals surface area contributed by atoms with Crippen molar-refractivity contribution in [2.45, 2.75) is 20.5 Å².